The molecule has 2 aromatic heterocycles. The van der Waals surface area contributed by atoms with E-state index in [1.54, 1.807) is 68.2 Å². The van der Waals surface area contributed by atoms with Crippen LogP contribution in [0.3, 0.4) is 0 Å². The largest absolute Gasteiger partial charge is 0.497 e. The second-order valence-corrected chi connectivity index (χ2v) is 7.98. The summed E-state index contributed by atoms with van der Waals surface area (Å²) in [6.07, 6.45) is 6.84. The van der Waals surface area contributed by atoms with Gasteiger partial charge < -0.3 is 13.9 Å². The Bertz CT molecular complexity index is 1360. The van der Waals surface area contributed by atoms with Gasteiger partial charge in [-0.3, -0.25) is 9.36 Å². The molecule has 0 saturated heterocycles. The van der Waals surface area contributed by atoms with Crippen LogP contribution < -0.4 is 19.6 Å². The van der Waals surface area contributed by atoms with Crippen molar-refractivity contribution in [1.82, 2.24) is 4.57 Å². The number of nitrogens with zero attached hydrogens (tertiary/aromatic N) is 2. The highest BCUT2D eigenvalue weighted by molar-refractivity contribution is 7.07. The Morgan fingerprint density at radius 2 is 2.06 bits per heavy atom. The maximum absolute atomic E-state index is 13.4. The minimum Gasteiger partial charge on any atom is -0.497 e. The number of hydrogen-bond donors (Lipinski definition) is 0. The molecular formula is C24H22N2O5S. The average Bonchev–Trinajstić information content (AvgIpc) is 3.41. The zero-order valence-electron chi connectivity index (χ0n) is 17.9. The molecule has 1 aliphatic heterocycles. The topological polar surface area (TPSA) is 83.0 Å². The van der Waals surface area contributed by atoms with Gasteiger partial charge in [0.1, 0.15) is 11.5 Å². The summed E-state index contributed by atoms with van der Waals surface area (Å²) in [6.45, 7) is 3.74. The molecule has 3 aromatic rings. The zero-order chi connectivity index (χ0) is 22.7. The minimum atomic E-state index is -0.646. The van der Waals surface area contributed by atoms with Crippen LogP contribution in [0, 0.1) is 0 Å². The highest BCUT2D eigenvalue weighted by atomic mass is 32.1. The fourth-order valence-electron chi connectivity index (χ4n) is 3.52. The predicted molar refractivity (Wildman–Crippen MR) is 122 cm³/mol. The number of carbonyl (C=O) groups excluding carboxylic acids is 1. The van der Waals surface area contributed by atoms with Crippen molar-refractivity contribution in [2.45, 2.75) is 19.9 Å². The van der Waals surface area contributed by atoms with Crippen molar-refractivity contribution in [3.05, 3.63) is 91.0 Å². The average molecular weight is 451 g/mol. The second kappa shape index (κ2) is 9.23. The van der Waals surface area contributed by atoms with E-state index in [1.807, 2.05) is 18.2 Å². The summed E-state index contributed by atoms with van der Waals surface area (Å²) in [6, 6.07) is 10.3. The molecule has 0 amide bonds. The zero-order valence-corrected chi connectivity index (χ0v) is 18.7. The smallest absolute Gasteiger partial charge is 0.338 e. The van der Waals surface area contributed by atoms with Crippen molar-refractivity contribution in [3.63, 3.8) is 0 Å². The first-order valence-corrected chi connectivity index (χ1v) is 10.9. The van der Waals surface area contributed by atoms with Crippen molar-refractivity contribution < 1.29 is 18.7 Å². The molecule has 1 atom stereocenters. The molecule has 7 nitrogen and oxygen atoms in total. The van der Waals surface area contributed by atoms with Crippen molar-refractivity contribution in [2.75, 3.05) is 13.7 Å². The lowest BCUT2D eigenvalue weighted by Gasteiger charge is -2.24. The molecule has 0 N–H and O–H groups in total. The summed E-state index contributed by atoms with van der Waals surface area (Å²) < 4.78 is 17.9. The van der Waals surface area contributed by atoms with Crippen LogP contribution in [0.5, 0.6) is 5.75 Å². The number of esters is 1. The molecule has 0 bridgehead atoms. The molecule has 32 heavy (non-hydrogen) atoms. The van der Waals surface area contributed by atoms with Gasteiger partial charge in [0, 0.05) is 0 Å². The number of aromatic nitrogens is 1. The third-order valence-electron chi connectivity index (χ3n) is 5.00. The van der Waals surface area contributed by atoms with Gasteiger partial charge in [0.15, 0.2) is 4.80 Å². The fraction of sp³-hybridized carbons (Fsp3) is 0.208. The first-order valence-electron chi connectivity index (χ1n) is 10.1. The number of ether oxygens (including phenoxy) is 2. The quantitative estimate of drug-likeness (QED) is 0.539. The van der Waals surface area contributed by atoms with Gasteiger partial charge in [-0.05, 0) is 55.8 Å². The summed E-state index contributed by atoms with van der Waals surface area (Å²) in [5.41, 5.74) is 1.42. The summed E-state index contributed by atoms with van der Waals surface area (Å²) in [5.74, 6) is 0.884. The van der Waals surface area contributed by atoms with Gasteiger partial charge in [-0.15, -0.1) is 0 Å². The molecule has 0 radical (unpaired) electrons. The number of methoxy groups -OCH3 is 1. The fourth-order valence-corrected chi connectivity index (χ4v) is 4.52. The van der Waals surface area contributed by atoms with Crippen LogP contribution in [0.15, 0.2) is 74.2 Å². The first kappa shape index (κ1) is 21.6. The van der Waals surface area contributed by atoms with Gasteiger partial charge in [0.05, 0.1) is 41.8 Å². The van der Waals surface area contributed by atoms with Crippen molar-refractivity contribution in [3.8, 4) is 5.75 Å². The lowest BCUT2D eigenvalue weighted by Crippen LogP contribution is -2.39. The third kappa shape index (κ3) is 4.09. The minimum absolute atomic E-state index is 0.229. The van der Waals surface area contributed by atoms with Gasteiger partial charge in [0.2, 0.25) is 0 Å². The van der Waals surface area contributed by atoms with Crippen molar-refractivity contribution in [1.29, 1.82) is 0 Å². The summed E-state index contributed by atoms with van der Waals surface area (Å²) in [7, 11) is 1.59. The molecule has 3 heterocycles. The number of allylic oxidation sites excluding steroid dienone is 2. The summed E-state index contributed by atoms with van der Waals surface area (Å²) in [4.78, 5) is 31.3. The van der Waals surface area contributed by atoms with Crippen LogP contribution >= 0.6 is 11.3 Å². The van der Waals surface area contributed by atoms with E-state index in [9.17, 15) is 9.59 Å². The molecule has 1 aliphatic rings. The lowest BCUT2D eigenvalue weighted by molar-refractivity contribution is -0.139. The molecular weight excluding hydrogens is 428 g/mol. The number of hydrogen-bond acceptors (Lipinski definition) is 7. The Labute approximate surface area is 188 Å². The molecule has 0 aliphatic carbocycles. The molecule has 0 fully saturated rings. The van der Waals surface area contributed by atoms with E-state index < -0.39 is 12.0 Å². The van der Waals surface area contributed by atoms with Gasteiger partial charge >= 0.3 is 5.97 Å². The molecule has 0 unspecified atom stereocenters. The Kier molecular flexibility index (Phi) is 6.23. The second-order valence-electron chi connectivity index (χ2n) is 6.97. The Morgan fingerprint density at radius 3 is 2.72 bits per heavy atom. The van der Waals surface area contributed by atoms with Crippen molar-refractivity contribution >= 4 is 29.5 Å². The van der Waals surface area contributed by atoms with E-state index in [0.717, 1.165) is 5.56 Å². The van der Waals surface area contributed by atoms with Crippen LogP contribution in [-0.4, -0.2) is 24.3 Å². The van der Waals surface area contributed by atoms with E-state index in [1.165, 1.54) is 11.3 Å². The highest BCUT2D eigenvalue weighted by Gasteiger charge is 2.33. The highest BCUT2D eigenvalue weighted by Crippen LogP contribution is 2.31. The predicted octanol–water partition coefficient (Wildman–Crippen LogP) is 3.07. The number of benzene rings is 1. The number of thiazole rings is 1. The Morgan fingerprint density at radius 1 is 1.28 bits per heavy atom. The standard InChI is InChI=1S/C24H22N2O5S/c1-4-30-23(28)20-15(2)25-24-26(21(20)16-10-12-17(29-3)13-11-16)22(27)19(32-24)9-5-7-18-8-6-14-31-18/h5-14,21H,4H2,1-3H3/b7-5+,19-9+/t21-/m0/s1. The van der Waals surface area contributed by atoms with Crippen molar-refractivity contribution in [2.24, 2.45) is 4.99 Å². The van der Waals surface area contributed by atoms with Gasteiger partial charge in [-0.2, -0.15) is 0 Å². The normalized spacial score (nSPS) is 16.2. The molecule has 8 heteroatoms. The van der Waals surface area contributed by atoms with E-state index in [4.69, 9.17) is 13.9 Å². The summed E-state index contributed by atoms with van der Waals surface area (Å²) >= 11 is 1.27. The Balaban J connectivity index is 1.86. The van der Waals surface area contributed by atoms with E-state index in [-0.39, 0.29) is 12.2 Å². The molecule has 4 rings (SSSR count). The van der Waals surface area contributed by atoms with Gasteiger partial charge in [0.25, 0.3) is 5.56 Å². The monoisotopic (exact) mass is 450 g/mol. The van der Waals surface area contributed by atoms with Crippen LogP contribution in [0.2, 0.25) is 0 Å². The van der Waals surface area contributed by atoms with Crippen LogP contribution in [-0.2, 0) is 9.53 Å². The maximum Gasteiger partial charge on any atom is 0.338 e. The first-order chi connectivity index (χ1) is 15.5. The number of fused-ring (bicyclic) bond motifs is 1. The van der Waals surface area contributed by atoms with E-state index >= 15 is 0 Å². The SMILES string of the molecule is CCOC(=O)C1=C(C)N=c2s/c(=C/C=C/c3ccco3)c(=O)n2[C@H]1c1ccc(OC)cc1. The summed E-state index contributed by atoms with van der Waals surface area (Å²) in [5, 5.41) is 0. The molecule has 164 valence electrons. The Hall–Kier alpha value is -3.65. The maximum atomic E-state index is 13.4. The number of carbonyl (C=O) groups is 1. The van der Waals surface area contributed by atoms with Gasteiger partial charge in [-0.1, -0.05) is 29.5 Å². The van der Waals surface area contributed by atoms with Crippen LogP contribution in [0.25, 0.3) is 12.2 Å². The van der Waals surface area contributed by atoms with Gasteiger partial charge in [-0.25, -0.2) is 9.79 Å². The number of furan rings is 1. The molecule has 1 aromatic carbocycles. The van der Waals surface area contributed by atoms with E-state index in [2.05, 4.69) is 4.99 Å². The van der Waals surface area contributed by atoms with Crippen LogP contribution in [0.1, 0.15) is 31.2 Å². The molecule has 0 saturated carbocycles. The third-order valence-corrected chi connectivity index (χ3v) is 6.00. The number of rotatable bonds is 6. The van der Waals surface area contributed by atoms with E-state index in [0.29, 0.717) is 32.1 Å². The lowest BCUT2D eigenvalue weighted by atomic mass is 9.96. The van der Waals surface area contributed by atoms with Crippen LogP contribution in [0.4, 0.5) is 0 Å². The molecule has 0 spiro atoms.